The third-order valence-electron chi connectivity index (χ3n) is 3.06. The number of nitrogens with one attached hydrogen (secondary N) is 1. The molecule has 0 spiro atoms. The third kappa shape index (κ3) is 5.35. The molecule has 1 atom stereocenters. The predicted octanol–water partition coefficient (Wildman–Crippen LogP) is 1.94. The fourth-order valence-corrected chi connectivity index (χ4v) is 2.67. The predicted molar refractivity (Wildman–Crippen MR) is 97.2 cm³/mol. The number of ether oxygens (including phenoxy) is 1. The Morgan fingerprint density at radius 3 is 2.36 bits per heavy atom. The summed E-state index contributed by atoms with van der Waals surface area (Å²) in [5.74, 6) is -0.145. The van der Waals surface area contributed by atoms with Gasteiger partial charge >= 0.3 is 5.97 Å². The molecular formula is C16H19N5O3S. The number of rotatable bonds is 6. The van der Waals surface area contributed by atoms with Crippen molar-refractivity contribution >= 4 is 41.0 Å². The summed E-state index contributed by atoms with van der Waals surface area (Å²) >= 11 is 1.15. The molecule has 0 saturated carbocycles. The number of aromatic nitrogens is 2. The van der Waals surface area contributed by atoms with Crippen LogP contribution in [0.15, 0.2) is 35.5 Å². The quantitative estimate of drug-likeness (QED) is 0.404. The van der Waals surface area contributed by atoms with Crippen LogP contribution in [0.25, 0.3) is 0 Å². The van der Waals surface area contributed by atoms with Gasteiger partial charge in [0, 0.05) is 11.8 Å². The van der Waals surface area contributed by atoms with Gasteiger partial charge in [0.25, 0.3) is 0 Å². The molecular weight excluding hydrogens is 342 g/mol. The molecule has 25 heavy (non-hydrogen) atoms. The van der Waals surface area contributed by atoms with E-state index in [9.17, 15) is 9.59 Å². The number of hydrogen-bond acceptors (Lipinski definition) is 8. The number of amides is 1. The van der Waals surface area contributed by atoms with Gasteiger partial charge in [0.05, 0.1) is 17.4 Å². The normalized spacial score (nSPS) is 11.6. The zero-order valence-corrected chi connectivity index (χ0v) is 14.7. The van der Waals surface area contributed by atoms with Crippen LogP contribution in [-0.4, -0.2) is 33.7 Å². The Bertz CT molecular complexity index is 747. The van der Waals surface area contributed by atoms with Crippen LogP contribution in [-0.2, 0) is 9.53 Å². The number of benzene rings is 1. The van der Waals surface area contributed by atoms with E-state index in [1.165, 1.54) is 6.07 Å². The molecule has 0 radical (unpaired) electrons. The summed E-state index contributed by atoms with van der Waals surface area (Å²) in [5, 5.41) is 2.62. The van der Waals surface area contributed by atoms with Gasteiger partial charge in [-0.3, -0.25) is 4.79 Å². The lowest BCUT2D eigenvalue weighted by Crippen LogP contribution is -2.22. The van der Waals surface area contributed by atoms with Crippen LogP contribution in [0, 0.1) is 0 Å². The lowest BCUT2D eigenvalue weighted by molar-refractivity contribution is -0.115. The smallest absolute Gasteiger partial charge is 0.338 e. The van der Waals surface area contributed by atoms with Crippen LogP contribution in [0.5, 0.6) is 0 Å². The summed E-state index contributed by atoms with van der Waals surface area (Å²) in [4.78, 5) is 31.9. The van der Waals surface area contributed by atoms with Gasteiger partial charge < -0.3 is 21.5 Å². The first-order valence-electron chi connectivity index (χ1n) is 7.53. The van der Waals surface area contributed by atoms with E-state index in [-0.39, 0.29) is 17.5 Å². The minimum absolute atomic E-state index is 0.238. The molecule has 0 aliphatic rings. The number of hydrogen-bond donors (Lipinski definition) is 3. The highest BCUT2D eigenvalue weighted by atomic mass is 32.2. The molecule has 0 bridgehead atoms. The van der Waals surface area contributed by atoms with Crippen LogP contribution in [0.4, 0.5) is 17.3 Å². The van der Waals surface area contributed by atoms with Crippen molar-refractivity contribution < 1.29 is 14.3 Å². The van der Waals surface area contributed by atoms with E-state index in [4.69, 9.17) is 16.2 Å². The fourth-order valence-electron chi connectivity index (χ4n) is 1.87. The second-order valence-corrected chi connectivity index (χ2v) is 6.36. The number of esters is 1. The Kier molecular flexibility index (Phi) is 6.18. The fraction of sp³-hybridized carbons (Fsp3) is 0.250. The van der Waals surface area contributed by atoms with Gasteiger partial charge in [-0.2, -0.15) is 0 Å². The molecule has 132 valence electrons. The SMILES string of the molecule is CCOC(=O)c1ccc(NC(=O)[C@@H](C)Sc2nc(N)cc(N)n2)cc1. The monoisotopic (exact) mass is 361 g/mol. The van der Waals surface area contributed by atoms with E-state index in [1.807, 2.05) is 0 Å². The van der Waals surface area contributed by atoms with Gasteiger partial charge in [0.2, 0.25) is 5.91 Å². The summed E-state index contributed by atoms with van der Waals surface area (Å²) in [5.41, 5.74) is 12.2. The maximum Gasteiger partial charge on any atom is 0.338 e. The Hall–Kier alpha value is -2.81. The molecule has 1 amide bonds. The van der Waals surface area contributed by atoms with Crippen molar-refractivity contribution in [1.29, 1.82) is 0 Å². The molecule has 0 aliphatic carbocycles. The Morgan fingerprint density at radius 1 is 1.20 bits per heavy atom. The molecule has 1 heterocycles. The second-order valence-electron chi connectivity index (χ2n) is 5.05. The molecule has 9 heteroatoms. The number of thioether (sulfide) groups is 1. The third-order valence-corrected chi connectivity index (χ3v) is 4.02. The summed E-state index contributed by atoms with van der Waals surface area (Å²) in [6.07, 6.45) is 0. The summed E-state index contributed by atoms with van der Waals surface area (Å²) < 4.78 is 4.91. The van der Waals surface area contributed by atoms with E-state index in [2.05, 4.69) is 15.3 Å². The van der Waals surface area contributed by atoms with Crippen molar-refractivity contribution in [1.82, 2.24) is 9.97 Å². The van der Waals surface area contributed by atoms with Crippen molar-refractivity contribution in [2.45, 2.75) is 24.3 Å². The van der Waals surface area contributed by atoms with Crippen LogP contribution in [0.3, 0.4) is 0 Å². The summed E-state index contributed by atoms with van der Waals surface area (Å²) in [7, 11) is 0. The van der Waals surface area contributed by atoms with Crippen molar-refractivity contribution in [3.8, 4) is 0 Å². The highest BCUT2D eigenvalue weighted by Gasteiger charge is 2.17. The van der Waals surface area contributed by atoms with Crippen LogP contribution in [0.1, 0.15) is 24.2 Å². The highest BCUT2D eigenvalue weighted by molar-refractivity contribution is 8.00. The molecule has 1 aromatic heterocycles. The molecule has 0 saturated heterocycles. The molecule has 0 unspecified atom stereocenters. The summed E-state index contributed by atoms with van der Waals surface area (Å²) in [6.45, 7) is 3.77. The Labute approximate surface area is 149 Å². The van der Waals surface area contributed by atoms with Gasteiger partial charge in [0.1, 0.15) is 11.6 Å². The number of carbonyl (C=O) groups excluding carboxylic acids is 2. The first kappa shape index (κ1) is 18.5. The highest BCUT2D eigenvalue weighted by Crippen LogP contribution is 2.22. The van der Waals surface area contributed by atoms with Crippen LogP contribution in [0.2, 0.25) is 0 Å². The Balaban J connectivity index is 1.97. The molecule has 1 aromatic carbocycles. The number of anilines is 3. The minimum atomic E-state index is -0.467. The van der Waals surface area contributed by atoms with Gasteiger partial charge in [-0.05, 0) is 38.1 Å². The molecule has 8 nitrogen and oxygen atoms in total. The van der Waals surface area contributed by atoms with E-state index >= 15 is 0 Å². The number of nitrogen functional groups attached to an aromatic ring is 2. The number of nitrogens with two attached hydrogens (primary N) is 2. The molecule has 5 N–H and O–H groups in total. The van der Waals surface area contributed by atoms with E-state index < -0.39 is 11.2 Å². The standard InChI is InChI=1S/C16H19N5O3S/c1-3-24-15(23)10-4-6-11(7-5-10)19-14(22)9(2)25-16-20-12(17)8-13(18)21-16/h4-9H,3H2,1-2H3,(H,19,22)(H4,17,18,20,21)/t9-/m1/s1. The average Bonchev–Trinajstić information content (AvgIpc) is 2.54. The molecule has 2 aromatic rings. The van der Waals surface area contributed by atoms with Crippen LogP contribution < -0.4 is 16.8 Å². The van der Waals surface area contributed by atoms with Gasteiger partial charge in [0.15, 0.2) is 5.16 Å². The van der Waals surface area contributed by atoms with Crippen molar-refractivity contribution in [2.24, 2.45) is 0 Å². The lowest BCUT2D eigenvalue weighted by atomic mass is 10.2. The van der Waals surface area contributed by atoms with Gasteiger partial charge in [-0.15, -0.1) is 0 Å². The van der Waals surface area contributed by atoms with E-state index in [0.29, 0.717) is 23.0 Å². The maximum atomic E-state index is 12.3. The zero-order valence-electron chi connectivity index (χ0n) is 13.9. The van der Waals surface area contributed by atoms with E-state index in [0.717, 1.165) is 11.8 Å². The summed E-state index contributed by atoms with van der Waals surface area (Å²) in [6, 6.07) is 7.90. The zero-order chi connectivity index (χ0) is 18.4. The first-order valence-corrected chi connectivity index (χ1v) is 8.41. The van der Waals surface area contributed by atoms with Crippen molar-refractivity contribution in [3.63, 3.8) is 0 Å². The minimum Gasteiger partial charge on any atom is -0.462 e. The maximum absolute atomic E-state index is 12.3. The van der Waals surface area contributed by atoms with Gasteiger partial charge in [-0.1, -0.05) is 11.8 Å². The molecule has 2 rings (SSSR count). The Morgan fingerprint density at radius 2 is 1.80 bits per heavy atom. The lowest BCUT2D eigenvalue weighted by Gasteiger charge is -2.12. The largest absolute Gasteiger partial charge is 0.462 e. The second kappa shape index (κ2) is 8.34. The van der Waals surface area contributed by atoms with Crippen molar-refractivity contribution in [3.05, 3.63) is 35.9 Å². The van der Waals surface area contributed by atoms with E-state index in [1.54, 1.807) is 38.1 Å². The van der Waals surface area contributed by atoms with Crippen molar-refractivity contribution in [2.75, 3.05) is 23.4 Å². The number of carbonyl (C=O) groups is 2. The first-order chi connectivity index (χ1) is 11.9. The molecule has 0 fully saturated rings. The van der Waals surface area contributed by atoms with Crippen LogP contribution >= 0.6 is 11.8 Å². The number of nitrogens with zero attached hydrogens (tertiary/aromatic N) is 2. The average molecular weight is 361 g/mol. The molecule has 0 aliphatic heterocycles. The van der Waals surface area contributed by atoms with Gasteiger partial charge in [-0.25, -0.2) is 14.8 Å². The topological polar surface area (TPSA) is 133 Å².